The van der Waals surface area contributed by atoms with Crippen molar-refractivity contribution in [3.05, 3.63) is 70.3 Å². The number of hydrogen-bond donors (Lipinski definition) is 1. The van der Waals surface area contributed by atoms with Crippen molar-refractivity contribution >= 4 is 11.6 Å². The Morgan fingerprint density at radius 2 is 1.89 bits per heavy atom. The van der Waals surface area contributed by atoms with E-state index < -0.39 is 5.60 Å². The van der Waals surface area contributed by atoms with Gasteiger partial charge in [0.1, 0.15) is 23.8 Å². The molecule has 0 spiro atoms. The number of aryl methyl sites for hydroxylation is 4. The summed E-state index contributed by atoms with van der Waals surface area (Å²) in [6, 6.07) is 9.93. The summed E-state index contributed by atoms with van der Waals surface area (Å²) >= 11 is 6.29. The average Bonchev–Trinajstić information content (AvgIpc) is 3.36. The van der Waals surface area contributed by atoms with Gasteiger partial charge in [-0.15, -0.1) is 0 Å². The first-order valence-corrected chi connectivity index (χ1v) is 13.8. The summed E-state index contributed by atoms with van der Waals surface area (Å²) in [6.45, 7) is 9.94. The predicted octanol–water partition coefficient (Wildman–Crippen LogP) is 5.60. The third-order valence-corrected chi connectivity index (χ3v) is 7.70. The summed E-state index contributed by atoms with van der Waals surface area (Å²) in [5.41, 5.74) is 2.17. The molecule has 1 fully saturated rings. The third kappa shape index (κ3) is 7.22. The molecule has 1 N–H and O–H groups in total. The minimum absolute atomic E-state index is 0.248. The molecule has 1 saturated heterocycles. The number of hydrogen-bond acceptors (Lipinski definition) is 6. The average molecular weight is 542 g/mol. The Hall–Kier alpha value is -2.74. The normalized spacial score (nSPS) is 17.9. The topological polar surface area (TPSA) is 69.0 Å². The lowest BCUT2D eigenvalue weighted by molar-refractivity contribution is -0.0621. The second-order valence-corrected chi connectivity index (χ2v) is 10.7. The van der Waals surface area contributed by atoms with Gasteiger partial charge in [0, 0.05) is 43.5 Å². The lowest BCUT2D eigenvalue weighted by atomic mass is 9.93. The summed E-state index contributed by atoms with van der Waals surface area (Å²) < 4.78 is 19.9. The minimum Gasteiger partial charge on any atom is -0.493 e. The third-order valence-electron chi connectivity index (χ3n) is 7.10. The van der Waals surface area contributed by atoms with Crippen LogP contribution in [0.2, 0.25) is 5.02 Å². The summed E-state index contributed by atoms with van der Waals surface area (Å²) in [6.07, 6.45) is 7.28. The lowest BCUT2D eigenvalue weighted by Gasteiger charge is -2.39. The first-order valence-electron chi connectivity index (χ1n) is 13.4. The van der Waals surface area contributed by atoms with Crippen LogP contribution >= 0.6 is 11.6 Å². The molecule has 38 heavy (non-hydrogen) atoms. The summed E-state index contributed by atoms with van der Waals surface area (Å²) in [5, 5.41) is 12.1. The number of piperidine rings is 1. The van der Waals surface area contributed by atoms with Gasteiger partial charge in [-0.1, -0.05) is 24.6 Å². The van der Waals surface area contributed by atoms with Gasteiger partial charge in [0.15, 0.2) is 11.5 Å². The Morgan fingerprint density at radius 3 is 2.63 bits per heavy atom. The maximum absolute atomic E-state index is 11.3. The molecule has 0 saturated carbocycles. The molecule has 1 atom stereocenters. The first kappa shape index (κ1) is 28.3. The van der Waals surface area contributed by atoms with Crippen molar-refractivity contribution in [2.45, 2.75) is 65.1 Å². The predicted molar refractivity (Wildman–Crippen MR) is 151 cm³/mol. The van der Waals surface area contributed by atoms with Crippen LogP contribution in [0.15, 0.2) is 42.7 Å². The first-order chi connectivity index (χ1) is 18.3. The monoisotopic (exact) mass is 541 g/mol. The smallest absolute Gasteiger partial charge is 0.161 e. The van der Waals surface area contributed by atoms with Crippen LogP contribution in [0.4, 0.5) is 0 Å². The quantitative estimate of drug-likeness (QED) is 0.301. The summed E-state index contributed by atoms with van der Waals surface area (Å²) in [5.74, 6) is 3.30. The molecule has 1 aliphatic heterocycles. The molecule has 4 rings (SSSR count). The lowest BCUT2D eigenvalue weighted by Crippen LogP contribution is -2.51. The summed E-state index contributed by atoms with van der Waals surface area (Å²) in [4.78, 5) is 6.66. The molecule has 206 valence electrons. The fourth-order valence-electron chi connectivity index (χ4n) is 5.13. The van der Waals surface area contributed by atoms with Crippen LogP contribution in [0.25, 0.3) is 0 Å². The van der Waals surface area contributed by atoms with Gasteiger partial charge in [0.05, 0.1) is 13.7 Å². The second kappa shape index (κ2) is 12.9. The number of halogens is 1. The van der Waals surface area contributed by atoms with Crippen molar-refractivity contribution in [1.82, 2.24) is 14.5 Å². The number of aromatic nitrogens is 2. The maximum Gasteiger partial charge on any atom is 0.161 e. The van der Waals surface area contributed by atoms with Crippen molar-refractivity contribution < 1.29 is 19.3 Å². The number of nitrogens with zero attached hydrogens (tertiary/aromatic N) is 3. The highest BCUT2D eigenvalue weighted by Gasteiger charge is 2.34. The van der Waals surface area contributed by atoms with E-state index in [2.05, 4.69) is 33.5 Å². The van der Waals surface area contributed by atoms with Gasteiger partial charge >= 0.3 is 0 Å². The Morgan fingerprint density at radius 1 is 1.11 bits per heavy atom. The number of rotatable bonds is 12. The van der Waals surface area contributed by atoms with Crippen LogP contribution in [-0.4, -0.2) is 58.6 Å². The number of imidazole rings is 1. The number of ether oxygens (including phenoxy) is 3. The largest absolute Gasteiger partial charge is 0.493 e. The Labute approximate surface area is 231 Å². The molecule has 2 aromatic carbocycles. The van der Waals surface area contributed by atoms with E-state index >= 15 is 0 Å². The van der Waals surface area contributed by atoms with Gasteiger partial charge in [-0.05, 0) is 80.6 Å². The highest BCUT2D eigenvalue weighted by Crippen LogP contribution is 2.31. The maximum atomic E-state index is 11.3. The second-order valence-electron chi connectivity index (χ2n) is 10.3. The van der Waals surface area contributed by atoms with Gasteiger partial charge in [-0.3, -0.25) is 4.90 Å². The summed E-state index contributed by atoms with van der Waals surface area (Å²) in [7, 11) is 1.66. The van der Waals surface area contributed by atoms with Crippen LogP contribution in [0.3, 0.4) is 0 Å². The van der Waals surface area contributed by atoms with Crippen molar-refractivity contribution in [1.29, 1.82) is 0 Å². The number of likely N-dealkylation sites (tertiary alicyclic amines) is 1. The molecule has 0 radical (unpaired) electrons. The van der Waals surface area contributed by atoms with E-state index in [1.807, 2.05) is 44.4 Å². The molecule has 0 bridgehead atoms. The van der Waals surface area contributed by atoms with Crippen LogP contribution in [0.5, 0.6) is 17.2 Å². The molecule has 3 aromatic rings. The van der Waals surface area contributed by atoms with Gasteiger partial charge in [0.2, 0.25) is 0 Å². The Bertz CT molecular complexity index is 1190. The fourth-order valence-corrected chi connectivity index (χ4v) is 5.24. The van der Waals surface area contributed by atoms with Crippen LogP contribution in [0.1, 0.15) is 48.7 Å². The molecule has 0 aliphatic carbocycles. The van der Waals surface area contributed by atoms with Crippen LogP contribution in [-0.2, 0) is 19.5 Å². The highest BCUT2D eigenvalue weighted by atomic mass is 35.5. The molecular weight excluding hydrogens is 502 g/mol. The van der Waals surface area contributed by atoms with Crippen molar-refractivity contribution in [2.24, 2.45) is 0 Å². The molecule has 7 nitrogen and oxygen atoms in total. The SMILES string of the molecule is CCc1nccn1CCCOc1cc(CN2CCCC(O)(COc3cc(C)c(Cl)c(C)c3)C2)ccc1OC. The van der Waals surface area contributed by atoms with Gasteiger partial charge < -0.3 is 23.9 Å². The number of benzene rings is 2. The Balaban J connectivity index is 1.33. The van der Waals surface area contributed by atoms with Crippen molar-refractivity contribution in [3.8, 4) is 17.2 Å². The zero-order valence-electron chi connectivity index (χ0n) is 23.0. The van der Waals surface area contributed by atoms with E-state index in [0.29, 0.717) is 19.6 Å². The molecule has 0 amide bonds. The van der Waals surface area contributed by atoms with E-state index in [0.717, 1.165) is 83.7 Å². The number of methoxy groups -OCH3 is 1. The van der Waals surface area contributed by atoms with Gasteiger partial charge in [-0.25, -0.2) is 4.98 Å². The van der Waals surface area contributed by atoms with E-state index in [1.54, 1.807) is 7.11 Å². The van der Waals surface area contributed by atoms with Gasteiger partial charge in [-0.2, -0.15) is 0 Å². The van der Waals surface area contributed by atoms with E-state index in [1.165, 1.54) is 0 Å². The molecular formula is C30H40ClN3O4. The van der Waals surface area contributed by atoms with Crippen LogP contribution < -0.4 is 14.2 Å². The molecule has 8 heteroatoms. The number of aliphatic hydroxyl groups is 1. The number of β-amino-alcohol motifs (C(OH)–C–C–N with tert-alkyl or cyclic N) is 1. The van der Waals surface area contributed by atoms with Crippen LogP contribution in [0, 0.1) is 13.8 Å². The van der Waals surface area contributed by atoms with Gasteiger partial charge in [0.25, 0.3) is 0 Å². The zero-order chi connectivity index (χ0) is 27.1. The highest BCUT2D eigenvalue weighted by molar-refractivity contribution is 6.32. The zero-order valence-corrected chi connectivity index (χ0v) is 23.8. The van der Waals surface area contributed by atoms with E-state index in [9.17, 15) is 5.11 Å². The molecule has 1 aromatic heterocycles. The van der Waals surface area contributed by atoms with Crippen molar-refractivity contribution in [2.75, 3.05) is 33.4 Å². The van der Waals surface area contributed by atoms with Crippen molar-refractivity contribution in [3.63, 3.8) is 0 Å². The van der Waals surface area contributed by atoms with E-state index in [4.69, 9.17) is 25.8 Å². The van der Waals surface area contributed by atoms with E-state index in [-0.39, 0.29) is 6.61 Å². The molecule has 1 unspecified atom stereocenters. The minimum atomic E-state index is -0.907. The fraction of sp³-hybridized carbons (Fsp3) is 0.500. The molecule has 2 heterocycles. The molecule has 1 aliphatic rings. The Kier molecular flexibility index (Phi) is 9.58. The standard InChI is InChI=1S/C30H40ClN3O4/c1-5-28-32-11-14-34(28)13-7-15-37-27-18-24(8-9-26(27)36-4)19-33-12-6-10-30(35,20-33)21-38-25-16-22(2)29(31)23(3)17-25/h8-9,11,14,16-18,35H,5-7,10,12-13,15,19-21H2,1-4H3.